The Morgan fingerprint density at radius 1 is 0.963 bits per heavy atom. The Morgan fingerprint density at radius 3 is 2.11 bits per heavy atom. The Balaban J connectivity index is 0.000000380. The van der Waals surface area contributed by atoms with Gasteiger partial charge >= 0.3 is 11.9 Å². The zero-order valence-corrected chi connectivity index (χ0v) is 16.0. The minimum absolute atomic E-state index is 0.0134. The summed E-state index contributed by atoms with van der Waals surface area (Å²) in [6.45, 7) is 4.15. The number of furan rings is 1. The molecule has 0 spiro atoms. The predicted octanol–water partition coefficient (Wildman–Crippen LogP) is 2.16. The molecule has 2 heterocycles. The van der Waals surface area contributed by atoms with Crippen molar-refractivity contribution < 1.29 is 29.0 Å². The zero-order chi connectivity index (χ0) is 19.8. The van der Waals surface area contributed by atoms with E-state index in [-0.39, 0.29) is 5.91 Å². The molecule has 1 fully saturated rings. The number of halogens is 1. The number of carboxylic acids is 2. The highest BCUT2D eigenvalue weighted by Gasteiger charge is 2.23. The topological polar surface area (TPSA) is 111 Å². The zero-order valence-electron chi connectivity index (χ0n) is 14.4. The number of nitrogens with zero attached hydrogens (tertiary/aromatic N) is 2. The van der Waals surface area contributed by atoms with Crippen molar-refractivity contribution in [1.29, 1.82) is 0 Å². The highest BCUT2D eigenvalue weighted by atomic mass is 79.9. The molecular formula is C18H19BrN2O6. The van der Waals surface area contributed by atoms with Crippen molar-refractivity contribution in [2.45, 2.75) is 6.54 Å². The second-order valence-corrected chi connectivity index (χ2v) is 6.60. The van der Waals surface area contributed by atoms with E-state index in [0.717, 1.165) is 37.2 Å². The minimum atomic E-state index is -1.82. The Bertz CT molecular complexity index is 773. The lowest BCUT2D eigenvalue weighted by atomic mass is 10.2. The Kier molecular flexibility index (Phi) is 7.56. The molecule has 1 aliphatic heterocycles. The van der Waals surface area contributed by atoms with E-state index >= 15 is 0 Å². The van der Waals surface area contributed by atoms with E-state index < -0.39 is 11.9 Å². The molecule has 1 aromatic heterocycles. The van der Waals surface area contributed by atoms with Gasteiger partial charge in [0, 0.05) is 37.2 Å². The molecule has 1 aliphatic rings. The van der Waals surface area contributed by atoms with Gasteiger partial charge in [-0.3, -0.25) is 9.69 Å². The monoisotopic (exact) mass is 438 g/mol. The van der Waals surface area contributed by atoms with Crippen LogP contribution < -0.4 is 0 Å². The van der Waals surface area contributed by atoms with Crippen LogP contribution in [0.25, 0.3) is 0 Å². The smallest absolute Gasteiger partial charge is 0.414 e. The maximum absolute atomic E-state index is 12.2. The lowest BCUT2D eigenvalue weighted by Gasteiger charge is -2.34. The molecule has 144 valence electrons. The van der Waals surface area contributed by atoms with Crippen LogP contribution in [0.1, 0.15) is 16.1 Å². The van der Waals surface area contributed by atoms with Gasteiger partial charge in [0.2, 0.25) is 0 Å². The largest absolute Gasteiger partial charge is 0.473 e. The van der Waals surface area contributed by atoms with Gasteiger partial charge in [0.15, 0.2) is 5.76 Å². The number of carbonyl (C=O) groups is 3. The van der Waals surface area contributed by atoms with Gasteiger partial charge in [-0.25, -0.2) is 9.59 Å². The van der Waals surface area contributed by atoms with Crippen molar-refractivity contribution in [3.05, 3.63) is 58.5 Å². The van der Waals surface area contributed by atoms with Crippen molar-refractivity contribution >= 4 is 33.8 Å². The van der Waals surface area contributed by atoms with Gasteiger partial charge in [0.25, 0.3) is 5.91 Å². The SMILES string of the molecule is O=C(O)C(=O)O.O=C(c1ccco1)N1CCN(Cc2ccccc2Br)CC1. The van der Waals surface area contributed by atoms with Crippen molar-refractivity contribution in [3.8, 4) is 0 Å². The van der Waals surface area contributed by atoms with Gasteiger partial charge < -0.3 is 19.5 Å². The molecule has 1 saturated heterocycles. The van der Waals surface area contributed by atoms with Crippen LogP contribution in [0, 0.1) is 0 Å². The molecule has 1 amide bonds. The van der Waals surface area contributed by atoms with Crippen LogP contribution in [0.4, 0.5) is 0 Å². The van der Waals surface area contributed by atoms with Crippen LogP contribution in [-0.4, -0.2) is 64.0 Å². The molecule has 2 aromatic rings. The first-order chi connectivity index (χ1) is 12.9. The van der Waals surface area contributed by atoms with E-state index in [0.29, 0.717) is 5.76 Å². The van der Waals surface area contributed by atoms with Crippen LogP contribution in [0.3, 0.4) is 0 Å². The molecular weight excluding hydrogens is 420 g/mol. The second kappa shape index (κ2) is 9.89. The van der Waals surface area contributed by atoms with Crippen molar-refractivity contribution in [1.82, 2.24) is 9.80 Å². The summed E-state index contributed by atoms with van der Waals surface area (Å²) in [7, 11) is 0. The summed E-state index contributed by atoms with van der Waals surface area (Å²) in [4.78, 5) is 34.6. The van der Waals surface area contributed by atoms with Gasteiger partial charge in [-0.1, -0.05) is 34.1 Å². The lowest BCUT2D eigenvalue weighted by molar-refractivity contribution is -0.159. The fourth-order valence-corrected chi connectivity index (χ4v) is 2.94. The standard InChI is InChI=1S/C16H17BrN2O2.C2H2O4/c17-14-5-2-1-4-13(14)12-18-7-9-19(10-8-18)16(20)15-6-3-11-21-15;3-1(4)2(5)6/h1-6,11H,7-10,12H2;(H,3,4)(H,5,6). The normalized spacial score (nSPS) is 14.2. The maximum atomic E-state index is 12.2. The summed E-state index contributed by atoms with van der Waals surface area (Å²) in [5.41, 5.74) is 1.28. The summed E-state index contributed by atoms with van der Waals surface area (Å²) >= 11 is 3.58. The summed E-state index contributed by atoms with van der Waals surface area (Å²) in [6, 6.07) is 11.7. The van der Waals surface area contributed by atoms with Crippen molar-refractivity contribution in [2.24, 2.45) is 0 Å². The summed E-state index contributed by atoms with van der Waals surface area (Å²) in [6.07, 6.45) is 1.54. The summed E-state index contributed by atoms with van der Waals surface area (Å²) < 4.78 is 6.31. The third-order valence-corrected chi connectivity index (χ3v) is 4.70. The predicted molar refractivity (Wildman–Crippen MR) is 99.3 cm³/mol. The van der Waals surface area contributed by atoms with Crippen LogP contribution in [0.2, 0.25) is 0 Å². The Morgan fingerprint density at radius 2 is 1.59 bits per heavy atom. The van der Waals surface area contributed by atoms with Crippen LogP contribution in [-0.2, 0) is 16.1 Å². The molecule has 0 radical (unpaired) electrons. The maximum Gasteiger partial charge on any atom is 0.414 e. The van der Waals surface area contributed by atoms with E-state index in [1.165, 1.54) is 11.8 Å². The van der Waals surface area contributed by atoms with Gasteiger partial charge in [-0.2, -0.15) is 0 Å². The number of aliphatic carboxylic acids is 2. The number of amides is 1. The first-order valence-electron chi connectivity index (χ1n) is 8.13. The van der Waals surface area contributed by atoms with E-state index in [2.05, 4.69) is 39.0 Å². The molecule has 0 aliphatic carbocycles. The van der Waals surface area contributed by atoms with E-state index in [4.69, 9.17) is 24.2 Å². The number of carboxylic acid groups (broad SMARTS) is 2. The molecule has 27 heavy (non-hydrogen) atoms. The fourth-order valence-electron chi connectivity index (χ4n) is 2.53. The van der Waals surface area contributed by atoms with Gasteiger partial charge in [0.1, 0.15) is 0 Å². The van der Waals surface area contributed by atoms with E-state index in [9.17, 15) is 4.79 Å². The number of hydrogen-bond acceptors (Lipinski definition) is 5. The second-order valence-electron chi connectivity index (χ2n) is 5.75. The molecule has 2 N–H and O–H groups in total. The number of carbonyl (C=O) groups excluding carboxylic acids is 1. The van der Waals surface area contributed by atoms with Gasteiger partial charge in [-0.15, -0.1) is 0 Å². The number of benzene rings is 1. The quantitative estimate of drug-likeness (QED) is 0.705. The number of hydrogen-bond donors (Lipinski definition) is 2. The highest BCUT2D eigenvalue weighted by molar-refractivity contribution is 9.10. The van der Waals surface area contributed by atoms with E-state index in [1.54, 1.807) is 12.1 Å². The third-order valence-electron chi connectivity index (χ3n) is 3.93. The minimum Gasteiger partial charge on any atom is -0.473 e. The number of piperazine rings is 1. The molecule has 0 atom stereocenters. The molecule has 0 saturated carbocycles. The highest BCUT2D eigenvalue weighted by Crippen LogP contribution is 2.19. The van der Waals surface area contributed by atoms with Crippen molar-refractivity contribution in [3.63, 3.8) is 0 Å². The first kappa shape index (κ1) is 20.7. The van der Waals surface area contributed by atoms with Gasteiger partial charge in [-0.05, 0) is 23.8 Å². The Labute approximate surface area is 164 Å². The van der Waals surface area contributed by atoms with Gasteiger partial charge in [0.05, 0.1) is 6.26 Å². The molecule has 0 unspecified atom stereocenters. The lowest BCUT2D eigenvalue weighted by Crippen LogP contribution is -2.48. The molecule has 0 bridgehead atoms. The molecule has 8 nitrogen and oxygen atoms in total. The fraction of sp³-hybridized carbons (Fsp3) is 0.278. The first-order valence-corrected chi connectivity index (χ1v) is 8.92. The average Bonchev–Trinajstić information content (AvgIpc) is 3.19. The molecule has 1 aromatic carbocycles. The Hall–Kier alpha value is -2.65. The van der Waals surface area contributed by atoms with E-state index in [1.807, 2.05) is 11.0 Å². The average molecular weight is 439 g/mol. The molecule has 9 heteroatoms. The summed E-state index contributed by atoms with van der Waals surface area (Å²) in [5.74, 6) is -3.24. The van der Waals surface area contributed by atoms with Crippen LogP contribution >= 0.6 is 15.9 Å². The van der Waals surface area contributed by atoms with Crippen LogP contribution in [0.15, 0.2) is 51.6 Å². The molecule has 3 rings (SSSR count). The number of rotatable bonds is 3. The van der Waals surface area contributed by atoms with Crippen LogP contribution in [0.5, 0.6) is 0 Å². The van der Waals surface area contributed by atoms with Crippen molar-refractivity contribution in [2.75, 3.05) is 26.2 Å². The summed E-state index contributed by atoms with van der Waals surface area (Å²) in [5, 5.41) is 14.8. The third kappa shape index (κ3) is 6.22.